The molecule has 0 aliphatic rings. The zero-order chi connectivity index (χ0) is 29.4. The summed E-state index contributed by atoms with van der Waals surface area (Å²) in [5.41, 5.74) is -6.71. The normalized spacial score (nSPS) is 13.5. The first kappa shape index (κ1) is 28.1. The summed E-state index contributed by atoms with van der Waals surface area (Å²) in [6.07, 6.45) is -20.3. The Kier molecular flexibility index (Phi) is 6.37. The summed E-state index contributed by atoms with van der Waals surface area (Å²) in [7, 11) is 0. The Labute approximate surface area is 222 Å². The Morgan fingerprint density at radius 3 is 0.925 bits per heavy atom. The number of nitrogens with zero attached hydrogens (tertiary/aromatic N) is 2. The van der Waals surface area contributed by atoms with E-state index < -0.39 is 58.1 Å². The molecule has 0 aliphatic carbocycles. The first-order valence-corrected chi connectivity index (χ1v) is 12.2. The molecule has 210 valence electrons. The van der Waals surface area contributed by atoms with E-state index in [9.17, 15) is 52.7 Å². The van der Waals surface area contributed by atoms with Gasteiger partial charge in [-0.1, -0.05) is 0 Å². The largest absolute Gasteiger partial charge is 0.416 e. The predicted molar refractivity (Wildman–Crippen MR) is 124 cm³/mol. The van der Waals surface area contributed by atoms with Gasteiger partial charge in [0.1, 0.15) is 10.0 Å². The zero-order valence-electron chi connectivity index (χ0n) is 18.9. The molecule has 2 nitrogen and oxygen atoms in total. The molecule has 0 spiro atoms. The van der Waals surface area contributed by atoms with E-state index in [1.54, 1.807) is 0 Å². The monoisotopic (exact) mass is 616 g/mol. The van der Waals surface area contributed by atoms with E-state index in [0.717, 1.165) is 22.7 Å². The van der Waals surface area contributed by atoms with Crippen LogP contribution in [-0.4, -0.2) is 9.97 Å². The standard InChI is InChI=1S/C24H8F12N2S2/c25-21(26,27)11-1-9(2-12(5-11)22(28,29)30)19-37-15-7-18-16(8-17(15)39-19)38-20(40-18)10-3-13(23(31,32)33)6-14(4-10)24(34,35)36/h1-8H. The topological polar surface area (TPSA) is 25.8 Å². The number of fused-ring (bicyclic) bond motifs is 2. The lowest BCUT2D eigenvalue weighted by atomic mass is 10.1. The molecule has 0 amide bonds. The molecule has 40 heavy (non-hydrogen) atoms. The van der Waals surface area contributed by atoms with E-state index in [-0.39, 0.29) is 42.6 Å². The summed E-state index contributed by atoms with van der Waals surface area (Å²) in [6, 6.07) is 4.77. The lowest BCUT2D eigenvalue weighted by Gasteiger charge is -2.13. The molecule has 3 aromatic carbocycles. The number of hydrogen-bond donors (Lipinski definition) is 0. The molecule has 0 fully saturated rings. The van der Waals surface area contributed by atoms with Gasteiger partial charge in [0, 0.05) is 11.1 Å². The van der Waals surface area contributed by atoms with Gasteiger partial charge in [0.15, 0.2) is 0 Å². The van der Waals surface area contributed by atoms with E-state index in [0.29, 0.717) is 24.3 Å². The van der Waals surface area contributed by atoms with Crippen LogP contribution < -0.4 is 0 Å². The molecule has 5 aromatic rings. The van der Waals surface area contributed by atoms with Crippen molar-refractivity contribution >= 4 is 43.1 Å². The Balaban J connectivity index is 1.61. The summed E-state index contributed by atoms with van der Waals surface area (Å²) in [6.45, 7) is 0. The summed E-state index contributed by atoms with van der Waals surface area (Å²) >= 11 is 1.48. The van der Waals surface area contributed by atoms with Crippen LogP contribution >= 0.6 is 22.7 Å². The smallest absolute Gasteiger partial charge is 0.236 e. The first-order valence-electron chi connectivity index (χ1n) is 10.6. The van der Waals surface area contributed by atoms with E-state index >= 15 is 0 Å². The van der Waals surface area contributed by atoms with Gasteiger partial charge >= 0.3 is 24.7 Å². The molecule has 0 radical (unpaired) electrons. The molecule has 0 saturated carbocycles. The van der Waals surface area contributed by atoms with Gasteiger partial charge in [-0.15, -0.1) is 22.7 Å². The number of benzene rings is 3. The number of halogens is 12. The molecule has 2 heterocycles. The zero-order valence-corrected chi connectivity index (χ0v) is 20.5. The SMILES string of the molecule is FC(F)(F)c1cc(-c2nc3cc4sc(-c5cc(C(F)(F)F)cc(C(F)(F)F)c5)nc4cc3s2)cc(C(F)(F)F)c1. The minimum atomic E-state index is -5.06. The number of rotatable bonds is 2. The fourth-order valence-corrected chi connectivity index (χ4v) is 5.69. The van der Waals surface area contributed by atoms with Crippen LogP contribution in [0, 0.1) is 0 Å². The summed E-state index contributed by atoms with van der Waals surface area (Å²) in [5, 5.41) is -0.339. The summed E-state index contributed by atoms with van der Waals surface area (Å²) in [4.78, 5) is 8.24. The van der Waals surface area contributed by atoms with Gasteiger partial charge in [-0.2, -0.15) is 52.7 Å². The van der Waals surface area contributed by atoms with Crippen molar-refractivity contribution in [2.24, 2.45) is 0 Å². The number of hydrogen-bond acceptors (Lipinski definition) is 4. The first-order chi connectivity index (χ1) is 18.3. The molecule has 0 saturated heterocycles. The Morgan fingerprint density at radius 2 is 0.675 bits per heavy atom. The van der Waals surface area contributed by atoms with E-state index in [1.807, 2.05) is 0 Å². The van der Waals surface area contributed by atoms with Crippen molar-refractivity contribution in [3.8, 4) is 21.1 Å². The molecular weight excluding hydrogens is 608 g/mol. The van der Waals surface area contributed by atoms with Crippen molar-refractivity contribution in [2.45, 2.75) is 24.7 Å². The Morgan fingerprint density at radius 1 is 0.400 bits per heavy atom. The minimum Gasteiger partial charge on any atom is -0.236 e. The molecule has 0 aliphatic heterocycles. The third-order valence-electron chi connectivity index (χ3n) is 5.57. The van der Waals surface area contributed by atoms with Gasteiger partial charge < -0.3 is 0 Å². The van der Waals surface area contributed by atoms with Crippen LogP contribution in [0.4, 0.5) is 52.7 Å². The maximum Gasteiger partial charge on any atom is 0.416 e. The maximum atomic E-state index is 13.2. The third-order valence-corrected chi connectivity index (χ3v) is 7.70. The minimum absolute atomic E-state index is 0.0176. The molecule has 0 bridgehead atoms. The Bertz CT molecular complexity index is 1510. The summed E-state index contributed by atoms with van der Waals surface area (Å²) < 4.78 is 159. The summed E-state index contributed by atoms with van der Waals surface area (Å²) in [5.74, 6) is 0. The van der Waals surface area contributed by atoms with Gasteiger partial charge in [-0.25, -0.2) is 9.97 Å². The highest BCUT2D eigenvalue weighted by Crippen LogP contribution is 2.43. The van der Waals surface area contributed by atoms with Crippen molar-refractivity contribution < 1.29 is 52.7 Å². The number of thiazole rings is 2. The fraction of sp³-hybridized carbons (Fsp3) is 0.167. The van der Waals surface area contributed by atoms with Crippen LogP contribution in [0.1, 0.15) is 22.3 Å². The van der Waals surface area contributed by atoms with Gasteiger partial charge in [-0.05, 0) is 48.5 Å². The van der Waals surface area contributed by atoms with Crippen LogP contribution in [0.25, 0.3) is 41.6 Å². The predicted octanol–water partition coefficient (Wildman–Crippen LogP) is 10.3. The fourth-order valence-electron chi connectivity index (χ4n) is 3.75. The average molecular weight is 616 g/mol. The second kappa shape index (κ2) is 9.06. The van der Waals surface area contributed by atoms with Crippen LogP contribution in [0.3, 0.4) is 0 Å². The molecule has 0 N–H and O–H groups in total. The lowest BCUT2D eigenvalue weighted by molar-refractivity contribution is -0.144. The van der Waals surface area contributed by atoms with Crippen LogP contribution in [0.5, 0.6) is 0 Å². The van der Waals surface area contributed by atoms with E-state index in [2.05, 4.69) is 9.97 Å². The van der Waals surface area contributed by atoms with Gasteiger partial charge in [0.2, 0.25) is 0 Å². The second-order valence-corrected chi connectivity index (χ2v) is 10.5. The van der Waals surface area contributed by atoms with E-state index in [4.69, 9.17) is 0 Å². The van der Waals surface area contributed by atoms with Gasteiger partial charge in [0.05, 0.1) is 42.7 Å². The van der Waals surface area contributed by atoms with Gasteiger partial charge in [0.25, 0.3) is 0 Å². The third kappa shape index (κ3) is 5.46. The van der Waals surface area contributed by atoms with Crippen molar-refractivity contribution in [3.63, 3.8) is 0 Å². The number of alkyl halides is 12. The van der Waals surface area contributed by atoms with Crippen molar-refractivity contribution in [2.75, 3.05) is 0 Å². The van der Waals surface area contributed by atoms with Crippen molar-refractivity contribution in [1.82, 2.24) is 9.97 Å². The molecule has 5 rings (SSSR count). The average Bonchev–Trinajstić information content (AvgIpc) is 3.43. The van der Waals surface area contributed by atoms with Crippen LogP contribution in [-0.2, 0) is 24.7 Å². The lowest BCUT2D eigenvalue weighted by Crippen LogP contribution is -2.11. The molecule has 0 atom stereocenters. The molecule has 2 aromatic heterocycles. The highest BCUT2D eigenvalue weighted by molar-refractivity contribution is 7.23. The van der Waals surface area contributed by atoms with Crippen LogP contribution in [0.15, 0.2) is 48.5 Å². The van der Waals surface area contributed by atoms with Crippen LogP contribution in [0.2, 0.25) is 0 Å². The highest BCUT2D eigenvalue weighted by atomic mass is 32.1. The highest BCUT2D eigenvalue weighted by Gasteiger charge is 2.38. The second-order valence-electron chi connectivity index (χ2n) is 8.41. The van der Waals surface area contributed by atoms with Crippen molar-refractivity contribution in [1.29, 1.82) is 0 Å². The number of aromatic nitrogens is 2. The maximum absolute atomic E-state index is 13.2. The molecule has 16 heteroatoms. The molecular formula is C24H8F12N2S2. The molecule has 0 unspecified atom stereocenters. The quantitative estimate of drug-likeness (QED) is 0.185. The Hall–Kier alpha value is -3.40. The van der Waals surface area contributed by atoms with E-state index in [1.165, 1.54) is 12.1 Å². The van der Waals surface area contributed by atoms with Gasteiger partial charge in [-0.3, -0.25) is 0 Å². The van der Waals surface area contributed by atoms with Crippen molar-refractivity contribution in [3.05, 3.63) is 70.8 Å².